The van der Waals surface area contributed by atoms with E-state index in [0.29, 0.717) is 6.07 Å². The molecule has 0 amide bonds. The van der Waals surface area contributed by atoms with Gasteiger partial charge in [0.15, 0.2) is 0 Å². The first-order chi connectivity index (χ1) is 9.72. The molecule has 6 nitrogen and oxygen atoms in total. The average Bonchev–Trinajstić information content (AvgIpc) is 2.37. The van der Waals surface area contributed by atoms with E-state index in [4.69, 9.17) is 4.74 Å². The minimum absolute atomic E-state index is 0.112. The van der Waals surface area contributed by atoms with Crippen LogP contribution in [0.3, 0.4) is 0 Å². The zero-order valence-corrected chi connectivity index (χ0v) is 12.3. The molecular weight excluding hydrogens is 311 g/mol. The maximum Gasteiger partial charge on any atom is 0.433 e. The molecule has 1 rings (SSSR count). The Morgan fingerprint density at radius 1 is 1.33 bits per heavy atom. The van der Waals surface area contributed by atoms with Crippen LogP contribution in [0.4, 0.5) is 19.0 Å². The number of alkyl halides is 3. The van der Waals surface area contributed by atoms with Gasteiger partial charge in [0.05, 0.1) is 6.61 Å². The molecule has 1 heterocycles. The number of methoxy groups -OCH3 is 1. The summed E-state index contributed by atoms with van der Waals surface area (Å²) in [4.78, 5) is 3.01. The Bertz CT molecular complexity index is 576. The van der Waals surface area contributed by atoms with Crippen molar-refractivity contribution in [2.45, 2.75) is 18.0 Å². The van der Waals surface area contributed by atoms with E-state index < -0.39 is 21.9 Å². The molecule has 21 heavy (non-hydrogen) atoms. The number of sulfonamides is 1. The topological polar surface area (TPSA) is 80.3 Å². The molecule has 0 bridgehead atoms. The smallest absolute Gasteiger partial charge is 0.383 e. The van der Waals surface area contributed by atoms with E-state index in [2.05, 4.69) is 15.0 Å². The van der Waals surface area contributed by atoms with Gasteiger partial charge in [-0.25, -0.2) is 18.1 Å². The lowest BCUT2D eigenvalue weighted by molar-refractivity contribution is -0.141. The Morgan fingerprint density at radius 2 is 2.00 bits per heavy atom. The quantitative estimate of drug-likeness (QED) is 0.741. The fraction of sp³-hybridized carbons (Fsp3) is 0.545. The lowest BCUT2D eigenvalue weighted by Gasteiger charge is -2.14. The van der Waals surface area contributed by atoms with Crippen molar-refractivity contribution < 1.29 is 26.3 Å². The number of anilines is 1. The molecule has 0 saturated heterocycles. The molecule has 0 spiro atoms. The van der Waals surface area contributed by atoms with Gasteiger partial charge in [0.1, 0.15) is 16.4 Å². The Hall–Kier alpha value is -1.39. The SMILES string of the molecule is CCNS(=O)(=O)c1ccc(C(F)(F)F)nc1NCCOC. The van der Waals surface area contributed by atoms with Gasteiger partial charge in [-0.1, -0.05) is 6.92 Å². The van der Waals surface area contributed by atoms with Gasteiger partial charge in [0, 0.05) is 20.2 Å². The predicted molar refractivity (Wildman–Crippen MR) is 70.5 cm³/mol. The number of pyridine rings is 1. The van der Waals surface area contributed by atoms with E-state index in [9.17, 15) is 21.6 Å². The number of nitrogens with one attached hydrogen (secondary N) is 2. The van der Waals surface area contributed by atoms with Crippen molar-refractivity contribution in [3.63, 3.8) is 0 Å². The first kappa shape index (κ1) is 17.7. The van der Waals surface area contributed by atoms with E-state index in [0.717, 1.165) is 6.07 Å². The molecule has 2 N–H and O–H groups in total. The van der Waals surface area contributed by atoms with Crippen LogP contribution >= 0.6 is 0 Å². The fourth-order valence-electron chi connectivity index (χ4n) is 1.49. The summed E-state index contributed by atoms with van der Waals surface area (Å²) in [5.74, 6) is -0.358. The average molecular weight is 327 g/mol. The number of halogens is 3. The van der Waals surface area contributed by atoms with Gasteiger partial charge in [-0.3, -0.25) is 0 Å². The summed E-state index contributed by atoms with van der Waals surface area (Å²) in [7, 11) is -2.51. The molecule has 0 aliphatic carbocycles. The monoisotopic (exact) mass is 327 g/mol. The molecule has 0 aliphatic heterocycles. The molecule has 10 heteroatoms. The van der Waals surface area contributed by atoms with Crippen molar-refractivity contribution in [1.29, 1.82) is 0 Å². The van der Waals surface area contributed by atoms with Crippen molar-refractivity contribution in [2.24, 2.45) is 0 Å². The van der Waals surface area contributed by atoms with Gasteiger partial charge in [0.25, 0.3) is 0 Å². The maximum absolute atomic E-state index is 12.7. The van der Waals surface area contributed by atoms with E-state index in [1.54, 1.807) is 6.92 Å². The molecule has 0 aliphatic rings. The summed E-state index contributed by atoms with van der Waals surface area (Å²) < 4.78 is 68.8. The van der Waals surface area contributed by atoms with E-state index in [1.807, 2.05) is 0 Å². The van der Waals surface area contributed by atoms with Gasteiger partial charge in [0.2, 0.25) is 10.0 Å². The Labute approximate surface area is 120 Å². The molecule has 1 aromatic rings. The van der Waals surface area contributed by atoms with Crippen molar-refractivity contribution >= 4 is 15.8 Å². The van der Waals surface area contributed by atoms with Gasteiger partial charge in [-0.2, -0.15) is 13.2 Å². The Kier molecular flexibility index (Phi) is 5.93. The number of rotatable bonds is 7. The highest BCUT2D eigenvalue weighted by molar-refractivity contribution is 7.89. The number of hydrogen-bond donors (Lipinski definition) is 2. The van der Waals surface area contributed by atoms with Crippen LogP contribution in [-0.4, -0.2) is 40.2 Å². The molecule has 0 fully saturated rings. The third-order valence-corrected chi connectivity index (χ3v) is 3.95. The zero-order chi connectivity index (χ0) is 16.1. The lowest BCUT2D eigenvalue weighted by Crippen LogP contribution is -2.25. The molecule has 120 valence electrons. The normalized spacial score (nSPS) is 12.4. The summed E-state index contributed by atoms with van der Waals surface area (Å²) in [6, 6.07) is 1.51. The fourth-order valence-corrected chi connectivity index (χ4v) is 2.64. The van der Waals surface area contributed by atoms with Crippen LogP contribution in [0.15, 0.2) is 17.0 Å². The van der Waals surface area contributed by atoms with Crippen LogP contribution in [0.2, 0.25) is 0 Å². The largest absolute Gasteiger partial charge is 0.433 e. The third-order valence-electron chi connectivity index (χ3n) is 2.37. The van der Waals surface area contributed by atoms with Crippen LogP contribution in [0, 0.1) is 0 Å². The van der Waals surface area contributed by atoms with E-state index in [1.165, 1.54) is 7.11 Å². The molecule has 0 radical (unpaired) electrons. The molecule has 0 aromatic carbocycles. The summed E-state index contributed by atoms with van der Waals surface area (Å²) in [5.41, 5.74) is -1.17. The molecule has 1 aromatic heterocycles. The number of nitrogens with zero attached hydrogens (tertiary/aromatic N) is 1. The van der Waals surface area contributed by atoms with Crippen molar-refractivity contribution in [3.05, 3.63) is 17.8 Å². The minimum Gasteiger partial charge on any atom is -0.383 e. The third kappa shape index (κ3) is 4.83. The highest BCUT2D eigenvalue weighted by Crippen LogP contribution is 2.30. The lowest BCUT2D eigenvalue weighted by atomic mass is 10.3. The number of aromatic nitrogens is 1. The zero-order valence-electron chi connectivity index (χ0n) is 11.5. The van der Waals surface area contributed by atoms with E-state index >= 15 is 0 Å². The number of hydrogen-bond acceptors (Lipinski definition) is 5. The molecule has 0 saturated carbocycles. The summed E-state index contributed by atoms with van der Waals surface area (Å²) >= 11 is 0. The molecule has 0 unspecified atom stereocenters. The summed E-state index contributed by atoms with van der Waals surface area (Å²) in [6.45, 7) is 1.99. The van der Waals surface area contributed by atoms with Crippen molar-refractivity contribution in [1.82, 2.24) is 9.71 Å². The van der Waals surface area contributed by atoms with Crippen LogP contribution in [0.1, 0.15) is 12.6 Å². The summed E-state index contributed by atoms with van der Waals surface area (Å²) in [6.07, 6.45) is -4.65. The second-order valence-electron chi connectivity index (χ2n) is 3.96. The Balaban J connectivity index is 3.23. The second kappa shape index (κ2) is 7.05. The highest BCUT2D eigenvalue weighted by Gasteiger charge is 2.34. The van der Waals surface area contributed by atoms with Crippen LogP contribution < -0.4 is 10.0 Å². The van der Waals surface area contributed by atoms with Gasteiger partial charge < -0.3 is 10.1 Å². The first-order valence-corrected chi connectivity index (χ1v) is 7.51. The molecule has 0 atom stereocenters. The number of ether oxygens (including phenoxy) is 1. The second-order valence-corrected chi connectivity index (χ2v) is 5.70. The minimum atomic E-state index is -4.65. The van der Waals surface area contributed by atoms with Gasteiger partial charge in [-0.15, -0.1) is 0 Å². The van der Waals surface area contributed by atoms with Crippen LogP contribution in [0.5, 0.6) is 0 Å². The highest BCUT2D eigenvalue weighted by atomic mass is 32.2. The Morgan fingerprint density at radius 3 is 2.52 bits per heavy atom. The van der Waals surface area contributed by atoms with Crippen molar-refractivity contribution in [2.75, 3.05) is 32.1 Å². The molecular formula is C11H16F3N3O3S. The van der Waals surface area contributed by atoms with E-state index in [-0.39, 0.29) is 30.4 Å². The van der Waals surface area contributed by atoms with Crippen molar-refractivity contribution in [3.8, 4) is 0 Å². The predicted octanol–water partition coefficient (Wildman–Crippen LogP) is 1.46. The van der Waals surface area contributed by atoms with Crippen LogP contribution in [0.25, 0.3) is 0 Å². The van der Waals surface area contributed by atoms with Crippen LogP contribution in [-0.2, 0) is 20.9 Å². The summed E-state index contributed by atoms with van der Waals surface area (Å²) in [5, 5.41) is 2.54. The van der Waals surface area contributed by atoms with Gasteiger partial charge >= 0.3 is 6.18 Å². The van der Waals surface area contributed by atoms with Gasteiger partial charge in [-0.05, 0) is 12.1 Å². The standard InChI is InChI=1S/C11H16F3N3O3S/c1-3-16-21(18,19)8-4-5-9(11(12,13)14)17-10(8)15-6-7-20-2/h4-5,16H,3,6-7H2,1-2H3,(H,15,17). The maximum atomic E-state index is 12.7. The first-order valence-electron chi connectivity index (χ1n) is 6.03.